The Morgan fingerprint density at radius 3 is 3.00 bits per heavy atom. The summed E-state index contributed by atoms with van der Waals surface area (Å²) < 4.78 is 7.05. The maximum absolute atomic E-state index is 12.1. The van der Waals surface area contributed by atoms with Crippen LogP contribution >= 0.6 is 0 Å². The van der Waals surface area contributed by atoms with Gasteiger partial charge in [-0.25, -0.2) is 14.3 Å². The van der Waals surface area contributed by atoms with Crippen molar-refractivity contribution < 1.29 is 9.53 Å². The number of rotatable bonds is 4. The summed E-state index contributed by atoms with van der Waals surface area (Å²) in [6.07, 6.45) is 4.91. The third kappa shape index (κ3) is 2.98. The predicted octanol–water partition coefficient (Wildman–Crippen LogP) is 2.77. The quantitative estimate of drug-likeness (QED) is 0.776. The van der Waals surface area contributed by atoms with Gasteiger partial charge in [0.1, 0.15) is 5.75 Å². The second-order valence-corrected chi connectivity index (χ2v) is 4.48. The molecule has 0 aliphatic rings. The highest BCUT2D eigenvalue weighted by Gasteiger charge is 2.08. The number of fused-ring (bicyclic) bond motifs is 1. The van der Waals surface area contributed by atoms with Crippen molar-refractivity contribution in [2.75, 3.05) is 17.2 Å². The highest BCUT2D eigenvalue weighted by atomic mass is 16.5. The minimum Gasteiger partial charge on any atom is -0.492 e. The summed E-state index contributed by atoms with van der Waals surface area (Å²) in [7, 11) is 0. The summed E-state index contributed by atoms with van der Waals surface area (Å²) in [6.45, 7) is 2.42. The van der Waals surface area contributed by atoms with Gasteiger partial charge in [-0.1, -0.05) is 12.1 Å². The number of hydrogen-bond acceptors (Lipinski definition) is 4. The Kier molecular flexibility index (Phi) is 3.86. The number of carbonyl (C=O) groups is 1. The molecule has 22 heavy (non-hydrogen) atoms. The number of para-hydroxylation sites is 2. The molecule has 7 heteroatoms. The van der Waals surface area contributed by atoms with Gasteiger partial charge in [0.05, 0.1) is 36.6 Å². The van der Waals surface area contributed by atoms with Crippen molar-refractivity contribution in [3.05, 3.63) is 48.9 Å². The summed E-state index contributed by atoms with van der Waals surface area (Å²) in [5.74, 6) is 0.626. The van der Waals surface area contributed by atoms with Crippen molar-refractivity contribution in [3.63, 3.8) is 0 Å². The lowest BCUT2D eigenvalue weighted by atomic mass is 10.3. The molecule has 0 saturated heterocycles. The molecule has 2 N–H and O–H groups in total. The largest absolute Gasteiger partial charge is 0.492 e. The van der Waals surface area contributed by atoms with Crippen molar-refractivity contribution in [1.29, 1.82) is 0 Å². The molecule has 0 aliphatic carbocycles. The normalized spacial score (nSPS) is 10.4. The molecule has 0 fully saturated rings. The minimum absolute atomic E-state index is 0.375. The highest BCUT2D eigenvalue weighted by molar-refractivity contribution is 6.00. The van der Waals surface area contributed by atoms with Gasteiger partial charge in [-0.05, 0) is 19.1 Å². The first-order valence-corrected chi connectivity index (χ1v) is 6.85. The first kappa shape index (κ1) is 13.9. The number of carbonyl (C=O) groups excluding carboxylic acids is 1. The Balaban J connectivity index is 1.72. The van der Waals surface area contributed by atoms with E-state index in [-0.39, 0.29) is 6.03 Å². The van der Waals surface area contributed by atoms with Crippen LogP contribution in [0.2, 0.25) is 0 Å². The monoisotopic (exact) mass is 297 g/mol. The van der Waals surface area contributed by atoms with Crippen LogP contribution in [0.4, 0.5) is 16.2 Å². The van der Waals surface area contributed by atoms with Crippen LogP contribution in [0.15, 0.2) is 48.9 Å². The Hall–Kier alpha value is -3.09. The molecule has 2 aromatic heterocycles. The smallest absolute Gasteiger partial charge is 0.323 e. The first-order valence-electron chi connectivity index (χ1n) is 6.85. The second-order valence-electron chi connectivity index (χ2n) is 4.48. The molecule has 1 aromatic carbocycles. The molecule has 0 spiro atoms. The number of benzene rings is 1. The van der Waals surface area contributed by atoms with E-state index >= 15 is 0 Å². The summed E-state index contributed by atoms with van der Waals surface area (Å²) >= 11 is 0. The van der Waals surface area contributed by atoms with E-state index in [2.05, 4.69) is 20.7 Å². The van der Waals surface area contributed by atoms with Gasteiger partial charge in [0.15, 0.2) is 5.65 Å². The fraction of sp³-hybridized carbons (Fsp3) is 0.133. The molecule has 0 atom stereocenters. The molecular weight excluding hydrogens is 282 g/mol. The van der Waals surface area contributed by atoms with Crippen LogP contribution in [0.3, 0.4) is 0 Å². The number of urea groups is 1. The van der Waals surface area contributed by atoms with Gasteiger partial charge in [-0.3, -0.25) is 0 Å². The topological polar surface area (TPSA) is 80.5 Å². The van der Waals surface area contributed by atoms with Crippen LogP contribution in [0, 0.1) is 0 Å². The van der Waals surface area contributed by atoms with E-state index in [9.17, 15) is 4.79 Å². The van der Waals surface area contributed by atoms with Crippen molar-refractivity contribution >= 4 is 23.1 Å². The Morgan fingerprint density at radius 1 is 1.27 bits per heavy atom. The third-order valence-electron chi connectivity index (χ3n) is 2.94. The van der Waals surface area contributed by atoms with Crippen LogP contribution in [0.1, 0.15) is 6.92 Å². The van der Waals surface area contributed by atoms with Crippen LogP contribution in [-0.4, -0.2) is 27.2 Å². The molecule has 112 valence electrons. The maximum Gasteiger partial charge on any atom is 0.323 e. The molecule has 3 rings (SSSR count). The second kappa shape index (κ2) is 6.13. The van der Waals surface area contributed by atoms with Gasteiger partial charge >= 0.3 is 6.03 Å². The lowest BCUT2D eigenvalue weighted by Gasteiger charge is -2.12. The van der Waals surface area contributed by atoms with Gasteiger partial charge in [-0.2, -0.15) is 5.10 Å². The first-order chi connectivity index (χ1) is 10.8. The lowest BCUT2D eigenvalue weighted by molar-refractivity contribution is 0.262. The lowest BCUT2D eigenvalue weighted by Crippen LogP contribution is -2.20. The number of amides is 2. The van der Waals surface area contributed by atoms with Crippen LogP contribution in [-0.2, 0) is 0 Å². The zero-order valence-electron chi connectivity index (χ0n) is 12.0. The molecule has 0 unspecified atom stereocenters. The van der Waals surface area contributed by atoms with E-state index in [0.29, 0.717) is 29.4 Å². The molecule has 2 amide bonds. The highest BCUT2D eigenvalue weighted by Crippen LogP contribution is 2.23. The number of ether oxygens (including phenoxy) is 1. The third-order valence-corrected chi connectivity index (χ3v) is 2.94. The average molecular weight is 297 g/mol. The van der Waals surface area contributed by atoms with E-state index in [4.69, 9.17) is 4.74 Å². The summed E-state index contributed by atoms with van der Waals surface area (Å²) in [6, 6.07) is 8.66. The summed E-state index contributed by atoms with van der Waals surface area (Å²) in [5, 5.41) is 9.54. The van der Waals surface area contributed by atoms with Gasteiger partial charge in [0.25, 0.3) is 0 Å². The van der Waals surface area contributed by atoms with Crippen molar-refractivity contribution in [1.82, 2.24) is 14.6 Å². The van der Waals surface area contributed by atoms with Gasteiger partial charge in [-0.15, -0.1) is 0 Å². The Bertz CT molecular complexity index is 799. The van der Waals surface area contributed by atoms with E-state index in [1.54, 1.807) is 41.3 Å². The Morgan fingerprint density at radius 2 is 2.14 bits per heavy atom. The predicted molar refractivity (Wildman–Crippen MR) is 83.2 cm³/mol. The van der Waals surface area contributed by atoms with Crippen LogP contribution in [0.25, 0.3) is 5.65 Å². The van der Waals surface area contributed by atoms with Crippen molar-refractivity contribution in [2.45, 2.75) is 6.92 Å². The molecular formula is C15H15N5O2. The minimum atomic E-state index is -0.375. The Labute approximate surface area is 126 Å². The molecule has 7 nitrogen and oxygen atoms in total. The number of aromatic nitrogens is 3. The zero-order chi connectivity index (χ0) is 15.4. The SMILES string of the molecule is CCOc1ccccc1NC(=O)Nc1cnc2ccnn2c1. The summed E-state index contributed by atoms with van der Waals surface area (Å²) in [4.78, 5) is 16.3. The van der Waals surface area contributed by atoms with Crippen molar-refractivity contribution in [3.8, 4) is 5.75 Å². The van der Waals surface area contributed by atoms with Gasteiger partial charge in [0.2, 0.25) is 0 Å². The van der Waals surface area contributed by atoms with Crippen LogP contribution in [0.5, 0.6) is 5.75 Å². The molecule has 0 saturated carbocycles. The molecule has 0 aliphatic heterocycles. The number of nitrogens with zero attached hydrogens (tertiary/aromatic N) is 3. The molecule has 0 radical (unpaired) electrons. The van der Waals surface area contributed by atoms with E-state index < -0.39 is 0 Å². The van der Waals surface area contributed by atoms with Gasteiger partial charge in [0, 0.05) is 6.07 Å². The molecule has 2 heterocycles. The zero-order valence-corrected chi connectivity index (χ0v) is 12.0. The average Bonchev–Trinajstić information content (AvgIpc) is 2.97. The summed E-state index contributed by atoms with van der Waals surface area (Å²) in [5.41, 5.74) is 1.87. The fourth-order valence-corrected chi connectivity index (χ4v) is 2.01. The number of anilines is 2. The van der Waals surface area contributed by atoms with E-state index in [1.807, 2.05) is 19.1 Å². The fourth-order valence-electron chi connectivity index (χ4n) is 2.01. The maximum atomic E-state index is 12.1. The number of hydrogen-bond donors (Lipinski definition) is 2. The van der Waals surface area contributed by atoms with E-state index in [0.717, 1.165) is 0 Å². The van der Waals surface area contributed by atoms with Crippen molar-refractivity contribution in [2.24, 2.45) is 0 Å². The number of nitrogens with one attached hydrogen (secondary N) is 2. The standard InChI is InChI=1S/C15H15N5O2/c1-2-22-13-6-4-3-5-12(13)19-15(21)18-11-9-16-14-7-8-17-20(14)10-11/h3-10H,2H2,1H3,(H2,18,19,21). The van der Waals surface area contributed by atoms with E-state index in [1.165, 1.54) is 0 Å². The molecule has 0 bridgehead atoms. The van der Waals surface area contributed by atoms with Gasteiger partial charge < -0.3 is 15.4 Å². The van der Waals surface area contributed by atoms with Crippen LogP contribution < -0.4 is 15.4 Å². The molecule has 3 aromatic rings.